The summed E-state index contributed by atoms with van der Waals surface area (Å²) in [6.45, 7) is 1.98. The second kappa shape index (κ2) is 5.87. The van der Waals surface area contributed by atoms with E-state index in [0.717, 1.165) is 40.7 Å². The monoisotopic (exact) mass is 342 g/mol. The van der Waals surface area contributed by atoms with Crippen LogP contribution in [0, 0.1) is 18.3 Å². The summed E-state index contributed by atoms with van der Waals surface area (Å²) in [7, 11) is 0. The van der Waals surface area contributed by atoms with Crippen molar-refractivity contribution in [2.24, 2.45) is 0 Å². The van der Waals surface area contributed by atoms with E-state index in [1.807, 2.05) is 31.2 Å². The molecular formula is C17H15BrN2O. The Balaban J connectivity index is 1.99. The van der Waals surface area contributed by atoms with E-state index in [0.29, 0.717) is 11.4 Å². The zero-order valence-electron chi connectivity index (χ0n) is 11.8. The Kier molecular flexibility index (Phi) is 3.94. The summed E-state index contributed by atoms with van der Waals surface area (Å²) in [4.78, 5) is 4.59. The Bertz CT molecular complexity index is 734. The highest BCUT2D eigenvalue weighted by Gasteiger charge is 2.17. The summed E-state index contributed by atoms with van der Waals surface area (Å²) in [6.07, 6.45) is 4.31. The first-order valence-corrected chi connectivity index (χ1v) is 7.83. The number of rotatable bonds is 2. The standard InChI is InChI=1S/C17H15BrN2O/c1-11-8-14(18)6-7-16(11)21-17-13(10-19)9-12-4-2-3-5-15(12)20-17/h6-9H,2-5H2,1H3. The molecule has 106 valence electrons. The number of halogens is 1. The fourth-order valence-corrected chi connectivity index (χ4v) is 3.08. The minimum atomic E-state index is 0.420. The second-order valence-corrected chi connectivity index (χ2v) is 6.19. The molecule has 1 aliphatic carbocycles. The molecule has 0 N–H and O–H groups in total. The third kappa shape index (κ3) is 2.93. The Labute approximate surface area is 132 Å². The van der Waals surface area contributed by atoms with Gasteiger partial charge in [-0.3, -0.25) is 0 Å². The predicted octanol–water partition coefficient (Wildman–Crippen LogP) is 4.70. The van der Waals surface area contributed by atoms with Gasteiger partial charge in [0.15, 0.2) is 0 Å². The number of hydrogen-bond acceptors (Lipinski definition) is 3. The number of pyridine rings is 1. The van der Waals surface area contributed by atoms with Gasteiger partial charge in [-0.25, -0.2) is 4.98 Å². The first kappa shape index (κ1) is 14.1. The average Bonchev–Trinajstić information content (AvgIpc) is 2.49. The molecule has 0 amide bonds. The molecule has 0 spiro atoms. The van der Waals surface area contributed by atoms with E-state index in [-0.39, 0.29) is 0 Å². The van der Waals surface area contributed by atoms with Crippen LogP contribution in [0.2, 0.25) is 0 Å². The summed E-state index contributed by atoms with van der Waals surface area (Å²) in [5.41, 5.74) is 3.79. The average molecular weight is 343 g/mol. The number of ether oxygens (including phenoxy) is 1. The molecule has 1 aromatic heterocycles. The highest BCUT2D eigenvalue weighted by atomic mass is 79.9. The molecule has 1 aliphatic rings. The molecule has 0 aliphatic heterocycles. The normalized spacial score (nSPS) is 13.4. The van der Waals surface area contributed by atoms with Gasteiger partial charge >= 0.3 is 0 Å². The lowest BCUT2D eigenvalue weighted by Crippen LogP contribution is -2.07. The summed E-state index contributed by atoms with van der Waals surface area (Å²) in [6, 6.07) is 9.94. The topological polar surface area (TPSA) is 45.9 Å². The van der Waals surface area contributed by atoms with Gasteiger partial charge in [0.2, 0.25) is 5.88 Å². The van der Waals surface area contributed by atoms with Crippen molar-refractivity contribution >= 4 is 15.9 Å². The smallest absolute Gasteiger partial charge is 0.237 e. The summed E-state index contributed by atoms with van der Waals surface area (Å²) < 4.78 is 6.90. The zero-order chi connectivity index (χ0) is 14.8. The largest absolute Gasteiger partial charge is 0.437 e. The predicted molar refractivity (Wildman–Crippen MR) is 84.5 cm³/mol. The van der Waals surface area contributed by atoms with Gasteiger partial charge in [0.1, 0.15) is 17.4 Å². The van der Waals surface area contributed by atoms with E-state index in [4.69, 9.17) is 4.74 Å². The Hall–Kier alpha value is -1.86. The molecular weight excluding hydrogens is 328 g/mol. The number of hydrogen-bond donors (Lipinski definition) is 0. The SMILES string of the molecule is Cc1cc(Br)ccc1Oc1nc2c(cc1C#N)CCCC2. The van der Waals surface area contributed by atoms with Crippen LogP contribution in [0.15, 0.2) is 28.7 Å². The summed E-state index contributed by atoms with van der Waals surface area (Å²) in [5, 5.41) is 9.33. The van der Waals surface area contributed by atoms with Crippen LogP contribution in [-0.2, 0) is 12.8 Å². The number of aryl methyl sites for hydroxylation is 3. The molecule has 3 nitrogen and oxygen atoms in total. The van der Waals surface area contributed by atoms with Crippen LogP contribution in [0.1, 0.15) is 35.2 Å². The second-order valence-electron chi connectivity index (χ2n) is 5.28. The van der Waals surface area contributed by atoms with Crippen molar-refractivity contribution < 1.29 is 4.74 Å². The fraction of sp³-hybridized carbons (Fsp3) is 0.294. The molecule has 0 unspecified atom stereocenters. The highest BCUT2D eigenvalue weighted by Crippen LogP contribution is 2.31. The molecule has 4 heteroatoms. The van der Waals surface area contributed by atoms with Crippen molar-refractivity contribution in [3.63, 3.8) is 0 Å². The number of fused-ring (bicyclic) bond motifs is 1. The van der Waals surface area contributed by atoms with Crippen molar-refractivity contribution in [2.45, 2.75) is 32.6 Å². The summed E-state index contributed by atoms with van der Waals surface area (Å²) >= 11 is 3.44. The number of nitriles is 1. The van der Waals surface area contributed by atoms with Crippen LogP contribution >= 0.6 is 15.9 Å². The van der Waals surface area contributed by atoms with E-state index >= 15 is 0 Å². The van der Waals surface area contributed by atoms with Gasteiger partial charge in [0, 0.05) is 10.2 Å². The molecule has 0 atom stereocenters. The van der Waals surface area contributed by atoms with E-state index in [9.17, 15) is 5.26 Å². The van der Waals surface area contributed by atoms with Crippen LogP contribution < -0.4 is 4.74 Å². The lowest BCUT2D eigenvalue weighted by atomic mass is 9.95. The van der Waals surface area contributed by atoms with Crippen molar-refractivity contribution in [3.05, 3.63) is 51.1 Å². The van der Waals surface area contributed by atoms with E-state index in [1.54, 1.807) is 0 Å². The van der Waals surface area contributed by atoms with Gasteiger partial charge in [-0.15, -0.1) is 0 Å². The molecule has 0 saturated carbocycles. The minimum absolute atomic E-state index is 0.420. The lowest BCUT2D eigenvalue weighted by molar-refractivity contribution is 0.453. The first-order valence-electron chi connectivity index (χ1n) is 7.04. The molecule has 0 radical (unpaired) electrons. The third-order valence-corrected chi connectivity index (χ3v) is 4.22. The molecule has 3 rings (SSSR count). The van der Waals surface area contributed by atoms with Crippen LogP contribution in [0.3, 0.4) is 0 Å². The number of nitrogens with zero attached hydrogens (tertiary/aromatic N) is 2. The maximum Gasteiger partial charge on any atom is 0.237 e. The highest BCUT2D eigenvalue weighted by molar-refractivity contribution is 9.10. The fourth-order valence-electron chi connectivity index (χ4n) is 2.60. The molecule has 0 saturated heterocycles. The van der Waals surface area contributed by atoms with Gasteiger partial charge in [0.25, 0.3) is 0 Å². The van der Waals surface area contributed by atoms with Gasteiger partial charge < -0.3 is 4.74 Å². The van der Waals surface area contributed by atoms with Crippen LogP contribution in [-0.4, -0.2) is 4.98 Å². The van der Waals surface area contributed by atoms with Crippen molar-refractivity contribution in [1.82, 2.24) is 4.98 Å². The van der Waals surface area contributed by atoms with E-state index in [2.05, 4.69) is 27.0 Å². The maximum atomic E-state index is 9.33. The van der Waals surface area contributed by atoms with Gasteiger partial charge in [-0.05, 0) is 68.0 Å². The van der Waals surface area contributed by atoms with Crippen LogP contribution in [0.25, 0.3) is 0 Å². The molecule has 0 bridgehead atoms. The summed E-state index contributed by atoms with van der Waals surface area (Å²) in [5.74, 6) is 1.15. The third-order valence-electron chi connectivity index (χ3n) is 3.73. The van der Waals surface area contributed by atoms with E-state index < -0.39 is 0 Å². The van der Waals surface area contributed by atoms with Gasteiger partial charge in [-0.2, -0.15) is 5.26 Å². The molecule has 1 heterocycles. The molecule has 0 fully saturated rings. The zero-order valence-corrected chi connectivity index (χ0v) is 13.4. The van der Waals surface area contributed by atoms with Gasteiger partial charge in [-0.1, -0.05) is 15.9 Å². The molecule has 2 aromatic rings. The quantitative estimate of drug-likeness (QED) is 0.794. The van der Waals surface area contributed by atoms with Crippen LogP contribution in [0.5, 0.6) is 11.6 Å². The Morgan fingerprint density at radius 3 is 2.81 bits per heavy atom. The lowest BCUT2D eigenvalue weighted by Gasteiger charge is -2.17. The van der Waals surface area contributed by atoms with Crippen molar-refractivity contribution in [3.8, 4) is 17.7 Å². The van der Waals surface area contributed by atoms with Gasteiger partial charge in [0.05, 0.1) is 0 Å². The number of aromatic nitrogens is 1. The number of benzene rings is 1. The molecule has 21 heavy (non-hydrogen) atoms. The van der Waals surface area contributed by atoms with Crippen LogP contribution in [0.4, 0.5) is 0 Å². The maximum absolute atomic E-state index is 9.33. The van der Waals surface area contributed by atoms with Crippen molar-refractivity contribution in [2.75, 3.05) is 0 Å². The van der Waals surface area contributed by atoms with E-state index in [1.165, 1.54) is 12.0 Å². The minimum Gasteiger partial charge on any atom is -0.437 e. The van der Waals surface area contributed by atoms with Crippen molar-refractivity contribution in [1.29, 1.82) is 5.26 Å². The molecule has 1 aromatic carbocycles. The first-order chi connectivity index (χ1) is 10.2. The Morgan fingerprint density at radius 2 is 2.05 bits per heavy atom. The Morgan fingerprint density at radius 1 is 1.24 bits per heavy atom.